The Morgan fingerprint density at radius 3 is 0.901 bits per heavy atom. The third kappa shape index (κ3) is 57.6. The lowest BCUT2D eigenvalue weighted by Crippen LogP contribution is -2.30. The molecule has 0 aliphatic carbocycles. The summed E-state index contributed by atoms with van der Waals surface area (Å²) >= 11 is 0. The normalized spacial score (nSPS) is 12.5. The first-order valence-corrected chi connectivity index (χ1v) is 30.5. The number of hydrogen-bond donors (Lipinski definition) is 0. The van der Waals surface area contributed by atoms with Crippen LogP contribution < -0.4 is 0 Å². The van der Waals surface area contributed by atoms with E-state index in [0.29, 0.717) is 19.3 Å². The van der Waals surface area contributed by atoms with Gasteiger partial charge in [-0.25, -0.2) is 0 Å². The molecule has 0 rings (SSSR count). The molecule has 1 atom stereocenters. The fourth-order valence-corrected chi connectivity index (χ4v) is 8.68. The molecule has 6 nitrogen and oxygen atoms in total. The van der Waals surface area contributed by atoms with Crippen LogP contribution in [0.3, 0.4) is 0 Å². The Balaban J connectivity index is 4.40. The van der Waals surface area contributed by atoms with Crippen LogP contribution in [0.25, 0.3) is 0 Å². The summed E-state index contributed by atoms with van der Waals surface area (Å²) in [7, 11) is 0. The van der Waals surface area contributed by atoms with Gasteiger partial charge >= 0.3 is 17.9 Å². The molecule has 0 aromatic carbocycles. The van der Waals surface area contributed by atoms with Gasteiger partial charge in [-0.05, 0) is 89.9 Å². The maximum atomic E-state index is 12.9. The van der Waals surface area contributed by atoms with Crippen LogP contribution in [-0.4, -0.2) is 37.2 Å². The Morgan fingerprint density at radius 2 is 0.563 bits per heavy atom. The molecule has 6 heteroatoms. The van der Waals surface area contributed by atoms with E-state index in [1.807, 2.05) is 18.2 Å². The van der Waals surface area contributed by atoms with Crippen molar-refractivity contribution in [1.82, 2.24) is 0 Å². The minimum Gasteiger partial charge on any atom is -0.462 e. The predicted molar refractivity (Wildman–Crippen MR) is 307 cm³/mol. The summed E-state index contributed by atoms with van der Waals surface area (Å²) in [5, 5.41) is 0. The molecule has 0 aliphatic heterocycles. The number of rotatable bonds is 55. The SMILES string of the molecule is CC\C=C/C=C\C=C/C=C\CCCCCCCC(=O)OCC(COC(=O)CCCCCCCCC/C=C\CCCCCCCCCC)OC(=O)CCCCCCCCC/C=C\CCCCCCCCCC. The van der Waals surface area contributed by atoms with E-state index in [-0.39, 0.29) is 31.1 Å². The summed E-state index contributed by atoms with van der Waals surface area (Å²) in [6.45, 7) is 6.51. The lowest BCUT2D eigenvalue weighted by molar-refractivity contribution is -0.167. The van der Waals surface area contributed by atoms with Crippen LogP contribution in [0.1, 0.15) is 303 Å². The Kier molecular flexibility index (Phi) is 56.8. The highest BCUT2D eigenvalue weighted by molar-refractivity contribution is 5.71. The topological polar surface area (TPSA) is 78.9 Å². The Labute approximate surface area is 440 Å². The zero-order valence-electron chi connectivity index (χ0n) is 47.0. The second-order valence-corrected chi connectivity index (χ2v) is 20.3. The van der Waals surface area contributed by atoms with Gasteiger partial charge in [0.25, 0.3) is 0 Å². The van der Waals surface area contributed by atoms with E-state index < -0.39 is 6.10 Å². The molecule has 0 amide bonds. The highest BCUT2D eigenvalue weighted by Gasteiger charge is 2.19. The minimum absolute atomic E-state index is 0.0863. The number of unbranched alkanes of at least 4 members (excludes halogenated alkanes) is 35. The molecule has 0 bridgehead atoms. The van der Waals surface area contributed by atoms with Crippen LogP contribution in [-0.2, 0) is 28.6 Å². The lowest BCUT2D eigenvalue weighted by Gasteiger charge is -2.18. The zero-order valence-corrected chi connectivity index (χ0v) is 47.0. The molecule has 0 aromatic heterocycles. The fraction of sp³-hybridized carbons (Fsp3) is 0.769. The maximum absolute atomic E-state index is 12.9. The molecule has 1 unspecified atom stereocenters. The van der Waals surface area contributed by atoms with Gasteiger partial charge in [0, 0.05) is 19.3 Å². The first-order chi connectivity index (χ1) is 35.0. The number of allylic oxidation sites excluding steroid dienone is 12. The number of carbonyl (C=O) groups is 3. The number of hydrogen-bond acceptors (Lipinski definition) is 6. The van der Waals surface area contributed by atoms with Crippen LogP contribution in [0.5, 0.6) is 0 Å². The summed E-state index contributed by atoms with van der Waals surface area (Å²) < 4.78 is 16.9. The van der Waals surface area contributed by atoms with E-state index in [4.69, 9.17) is 14.2 Å². The number of esters is 3. The Hall–Kier alpha value is -3.15. The summed E-state index contributed by atoms with van der Waals surface area (Å²) in [6.07, 6.45) is 76.1. The number of carbonyl (C=O) groups excluding carboxylic acids is 3. The van der Waals surface area contributed by atoms with Gasteiger partial charge in [0.15, 0.2) is 6.10 Å². The Morgan fingerprint density at radius 1 is 0.296 bits per heavy atom. The highest BCUT2D eigenvalue weighted by Crippen LogP contribution is 2.16. The summed E-state index contributed by atoms with van der Waals surface area (Å²) in [5.74, 6) is -0.907. The van der Waals surface area contributed by atoms with Crippen molar-refractivity contribution in [2.45, 2.75) is 309 Å². The smallest absolute Gasteiger partial charge is 0.306 e. The molecule has 0 fully saturated rings. The third-order valence-corrected chi connectivity index (χ3v) is 13.3. The van der Waals surface area contributed by atoms with Gasteiger partial charge in [-0.1, -0.05) is 267 Å². The first-order valence-electron chi connectivity index (χ1n) is 30.5. The summed E-state index contributed by atoms with van der Waals surface area (Å²) in [4.78, 5) is 38.2. The number of ether oxygens (including phenoxy) is 3. The van der Waals surface area contributed by atoms with Crippen LogP contribution in [0.4, 0.5) is 0 Å². The molecule has 0 radical (unpaired) electrons. The van der Waals surface area contributed by atoms with Crippen molar-refractivity contribution < 1.29 is 28.6 Å². The maximum Gasteiger partial charge on any atom is 0.306 e. The molecular formula is C65H114O6. The summed E-state index contributed by atoms with van der Waals surface area (Å²) in [5.41, 5.74) is 0. The monoisotopic (exact) mass is 991 g/mol. The van der Waals surface area contributed by atoms with Crippen molar-refractivity contribution in [2.24, 2.45) is 0 Å². The van der Waals surface area contributed by atoms with Crippen LogP contribution in [0, 0.1) is 0 Å². The Bertz CT molecular complexity index is 1320. The van der Waals surface area contributed by atoms with Crippen molar-refractivity contribution >= 4 is 17.9 Å². The van der Waals surface area contributed by atoms with Crippen molar-refractivity contribution in [1.29, 1.82) is 0 Å². The highest BCUT2D eigenvalue weighted by atomic mass is 16.6. The second-order valence-electron chi connectivity index (χ2n) is 20.3. The molecule has 0 aliphatic rings. The quantitative estimate of drug-likeness (QED) is 0.0199. The molecule has 0 N–H and O–H groups in total. The van der Waals surface area contributed by atoms with Crippen LogP contribution >= 0.6 is 0 Å². The lowest BCUT2D eigenvalue weighted by atomic mass is 10.1. The van der Waals surface area contributed by atoms with Gasteiger partial charge in [0.2, 0.25) is 0 Å². The largest absolute Gasteiger partial charge is 0.462 e. The van der Waals surface area contributed by atoms with Crippen LogP contribution in [0.15, 0.2) is 72.9 Å². The average Bonchev–Trinajstić information content (AvgIpc) is 3.37. The first kappa shape index (κ1) is 67.8. The molecular weight excluding hydrogens is 877 g/mol. The predicted octanol–water partition coefficient (Wildman–Crippen LogP) is 20.5. The van der Waals surface area contributed by atoms with Crippen molar-refractivity contribution in [3.05, 3.63) is 72.9 Å². The fourth-order valence-electron chi connectivity index (χ4n) is 8.68. The molecule has 71 heavy (non-hydrogen) atoms. The van der Waals surface area contributed by atoms with E-state index >= 15 is 0 Å². The van der Waals surface area contributed by atoms with E-state index in [1.54, 1.807) is 0 Å². The van der Waals surface area contributed by atoms with E-state index in [0.717, 1.165) is 83.5 Å². The average molecular weight is 992 g/mol. The molecule has 410 valence electrons. The molecule has 0 heterocycles. The van der Waals surface area contributed by atoms with Crippen LogP contribution in [0.2, 0.25) is 0 Å². The van der Waals surface area contributed by atoms with Gasteiger partial charge < -0.3 is 14.2 Å². The van der Waals surface area contributed by atoms with E-state index in [1.165, 1.54) is 180 Å². The summed E-state index contributed by atoms with van der Waals surface area (Å²) in [6, 6.07) is 0. The van der Waals surface area contributed by atoms with Gasteiger partial charge in [-0.3, -0.25) is 14.4 Å². The minimum atomic E-state index is -0.790. The van der Waals surface area contributed by atoms with Gasteiger partial charge in [-0.2, -0.15) is 0 Å². The van der Waals surface area contributed by atoms with E-state index in [2.05, 4.69) is 75.5 Å². The van der Waals surface area contributed by atoms with Crippen molar-refractivity contribution in [3.63, 3.8) is 0 Å². The van der Waals surface area contributed by atoms with Gasteiger partial charge in [0.05, 0.1) is 0 Å². The molecule has 0 aromatic rings. The second kappa shape index (κ2) is 59.4. The van der Waals surface area contributed by atoms with Crippen molar-refractivity contribution in [3.8, 4) is 0 Å². The molecule has 0 spiro atoms. The zero-order chi connectivity index (χ0) is 51.4. The third-order valence-electron chi connectivity index (χ3n) is 13.3. The van der Waals surface area contributed by atoms with Gasteiger partial charge in [0.1, 0.15) is 13.2 Å². The van der Waals surface area contributed by atoms with E-state index in [9.17, 15) is 14.4 Å². The van der Waals surface area contributed by atoms with Crippen molar-refractivity contribution in [2.75, 3.05) is 13.2 Å². The van der Waals surface area contributed by atoms with Gasteiger partial charge in [-0.15, -0.1) is 0 Å². The standard InChI is InChI=1S/C65H114O6/c1-4-7-10-13-16-19-22-25-28-30-32-34-37-40-43-46-49-52-55-58-64(67)70-61-62(60-69-63(66)57-54-51-48-45-42-39-36-27-24-21-18-15-12-9-6-3)71-65(68)59-56-53-50-47-44-41-38-35-33-31-29-26-23-20-17-14-11-8-5-2/h9,12,15,18,21,24,27,30-33,36,62H,4-8,10-11,13-14,16-17,19-20,22-23,25-26,28-29,34-35,37-61H2,1-3H3/b12-9-,18-15-,24-21-,32-30-,33-31-,36-27-. The molecule has 0 saturated carbocycles. The molecule has 0 saturated heterocycles.